The number of fused-ring (bicyclic) bond motifs is 3. The number of hydrogen-bond acceptors (Lipinski definition) is 9. The fourth-order valence-corrected chi connectivity index (χ4v) is 6.89. The van der Waals surface area contributed by atoms with Crippen molar-refractivity contribution in [2.24, 2.45) is 11.3 Å². The second-order valence-electron chi connectivity index (χ2n) is 10.3. The summed E-state index contributed by atoms with van der Waals surface area (Å²) in [5.74, 6) is -1.83. The third-order valence-electron chi connectivity index (χ3n) is 8.46. The van der Waals surface area contributed by atoms with Crippen LogP contribution in [0.4, 0.5) is 0 Å². The third kappa shape index (κ3) is 3.16. The molecule has 1 saturated carbocycles. The summed E-state index contributed by atoms with van der Waals surface area (Å²) in [6, 6.07) is 0. The van der Waals surface area contributed by atoms with Crippen molar-refractivity contribution in [2.75, 3.05) is 13.7 Å². The van der Waals surface area contributed by atoms with Crippen molar-refractivity contribution in [3.63, 3.8) is 0 Å². The lowest BCUT2D eigenvalue weighted by Crippen LogP contribution is -2.57. The number of rotatable bonds is 5. The number of esters is 3. The summed E-state index contributed by atoms with van der Waals surface area (Å²) in [6.45, 7) is 7.05. The van der Waals surface area contributed by atoms with Crippen molar-refractivity contribution in [1.29, 1.82) is 0 Å². The number of ketones is 1. The number of hydrogen-bond donors (Lipinski definition) is 0. The molecule has 6 atom stereocenters. The highest BCUT2D eigenvalue weighted by atomic mass is 16.6. The van der Waals surface area contributed by atoms with Crippen LogP contribution in [0.25, 0.3) is 0 Å². The number of cyclic esters (lactones) is 1. The zero-order valence-electron chi connectivity index (χ0n) is 20.6. The summed E-state index contributed by atoms with van der Waals surface area (Å²) in [5, 5.41) is 0. The van der Waals surface area contributed by atoms with Crippen molar-refractivity contribution >= 4 is 23.7 Å². The molecule has 0 saturated heterocycles. The second kappa shape index (κ2) is 8.05. The van der Waals surface area contributed by atoms with Crippen LogP contribution in [0.15, 0.2) is 21.8 Å². The molecule has 0 aromatic carbocycles. The Balaban J connectivity index is 1.76. The van der Waals surface area contributed by atoms with Crippen LogP contribution in [0.5, 0.6) is 0 Å². The zero-order valence-corrected chi connectivity index (χ0v) is 20.6. The lowest BCUT2D eigenvalue weighted by Gasteiger charge is -2.52. The van der Waals surface area contributed by atoms with E-state index in [0.717, 1.165) is 0 Å². The summed E-state index contributed by atoms with van der Waals surface area (Å²) in [5.41, 5.74) is 0.203. The van der Waals surface area contributed by atoms with E-state index >= 15 is 0 Å². The van der Waals surface area contributed by atoms with E-state index in [0.29, 0.717) is 36.0 Å². The first kappa shape index (κ1) is 23.8. The minimum atomic E-state index is -0.996. The Hall–Kier alpha value is -2.94. The van der Waals surface area contributed by atoms with Gasteiger partial charge in [0.15, 0.2) is 5.76 Å². The van der Waals surface area contributed by atoms with Gasteiger partial charge in [-0.05, 0) is 37.7 Å². The second-order valence-corrected chi connectivity index (χ2v) is 10.3. The molecule has 0 radical (unpaired) electrons. The van der Waals surface area contributed by atoms with Crippen LogP contribution >= 0.6 is 0 Å². The van der Waals surface area contributed by atoms with E-state index in [1.54, 1.807) is 6.92 Å². The van der Waals surface area contributed by atoms with Crippen LogP contribution < -0.4 is 0 Å². The van der Waals surface area contributed by atoms with Crippen molar-refractivity contribution in [3.8, 4) is 0 Å². The van der Waals surface area contributed by atoms with Crippen LogP contribution in [0, 0.1) is 11.3 Å². The van der Waals surface area contributed by atoms with E-state index < -0.39 is 47.0 Å². The quantitative estimate of drug-likeness (QED) is 0.456. The number of furan rings is 1. The van der Waals surface area contributed by atoms with Crippen LogP contribution in [-0.2, 0) is 34.0 Å². The first-order valence-electron chi connectivity index (χ1n) is 12.1. The average molecular weight is 487 g/mol. The molecule has 35 heavy (non-hydrogen) atoms. The SMILES string of the molecule is CCC(=O)O[C@@H]1C[C@]2(C)C(OC(C)=O)CC[C@H]2C2=C1[C@]1(C)c3c(coc3C2=O)C(=O)O[C@@H]1COC. The maximum atomic E-state index is 14.0. The highest BCUT2D eigenvalue weighted by Gasteiger charge is 2.65. The number of ether oxygens (including phenoxy) is 4. The van der Waals surface area contributed by atoms with Gasteiger partial charge in [-0.25, -0.2) is 4.79 Å². The number of carbonyl (C=O) groups is 4. The maximum Gasteiger partial charge on any atom is 0.342 e. The number of methoxy groups -OCH3 is 1. The van der Waals surface area contributed by atoms with E-state index in [9.17, 15) is 19.2 Å². The fourth-order valence-electron chi connectivity index (χ4n) is 6.89. The van der Waals surface area contributed by atoms with E-state index in [1.807, 2.05) is 13.8 Å². The molecule has 3 aliphatic carbocycles. The normalized spacial score (nSPS) is 35.1. The highest BCUT2D eigenvalue weighted by molar-refractivity contribution is 6.13. The summed E-state index contributed by atoms with van der Waals surface area (Å²) in [6.07, 6.45) is 1.08. The Morgan fingerprint density at radius 3 is 2.57 bits per heavy atom. The van der Waals surface area contributed by atoms with Gasteiger partial charge in [-0.2, -0.15) is 0 Å². The molecule has 1 aromatic heterocycles. The Kier molecular flexibility index (Phi) is 5.47. The van der Waals surface area contributed by atoms with Gasteiger partial charge in [-0.15, -0.1) is 0 Å². The van der Waals surface area contributed by atoms with Crippen molar-refractivity contribution in [3.05, 3.63) is 34.3 Å². The molecule has 5 rings (SSSR count). The molecule has 2 heterocycles. The van der Waals surface area contributed by atoms with Gasteiger partial charge in [0.1, 0.15) is 30.1 Å². The smallest absolute Gasteiger partial charge is 0.342 e. The van der Waals surface area contributed by atoms with Gasteiger partial charge in [0.2, 0.25) is 5.78 Å². The Morgan fingerprint density at radius 1 is 1.17 bits per heavy atom. The first-order chi connectivity index (χ1) is 16.6. The minimum Gasteiger partial charge on any atom is -0.462 e. The Labute approximate surface area is 203 Å². The summed E-state index contributed by atoms with van der Waals surface area (Å²) >= 11 is 0. The van der Waals surface area contributed by atoms with Crippen molar-refractivity contribution in [2.45, 2.75) is 77.1 Å². The monoisotopic (exact) mass is 486 g/mol. The van der Waals surface area contributed by atoms with Gasteiger partial charge in [0.25, 0.3) is 0 Å². The predicted molar refractivity (Wildman–Crippen MR) is 120 cm³/mol. The van der Waals surface area contributed by atoms with Gasteiger partial charge < -0.3 is 23.4 Å². The summed E-state index contributed by atoms with van der Waals surface area (Å²) in [7, 11) is 1.51. The van der Waals surface area contributed by atoms with E-state index in [-0.39, 0.29) is 36.1 Å². The van der Waals surface area contributed by atoms with Crippen LogP contribution in [0.1, 0.15) is 79.9 Å². The molecule has 0 bridgehead atoms. The molecule has 1 unspecified atom stereocenters. The lowest BCUT2D eigenvalue weighted by molar-refractivity contribution is -0.159. The standard InChI is InChI=1S/C26H30O9/c1-6-18(28)34-15-9-25(3)14(7-8-16(25)33-12(2)27)19-21(15)26(4)17(11-31-5)35-24(30)13-10-32-23(20(13)26)22(19)29/h10,14-17H,6-9,11H2,1-5H3/t14-,15+,16?,17+,25-,26-/m0/s1. The third-order valence-corrected chi connectivity index (χ3v) is 8.46. The zero-order chi connectivity index (χ0) is 25.3. The number of Topliss-reactive ketones (excluding diaryl/α,β-unsaturated/α-hetero) is 1. The van der Waals surface area contributed by atoms with Gasteiger partial charge in [-0.1, -0.05) is 13.8 Å². The fraction of sp³-hybridized carbons (Fsp3) is 0.615. The van der Waals surface area contributed by atoms with Gasteiger partial charge in [-0.3, -0.25) is 14.4 Å². The van der Waals surface area contributed by atoms with Gasteiger partial charge >= 0.3 is 17.9 Å². The molecular weight excluding hydrogens is 456 g/mol. The van der Waals surface area contributed by atoms with Gasteiger partial charge in [0, 0.05) is 37.0 Å². The van der Waals surface area contributed by atoms with Gasteiger partial charge in [0.05, 0.1) is 12.0 Å². The number of allylic oxidation sites excluding steroid dienone is 1. The molecule has 0 spiro atoms. The summed E-state index contributed by atoms with van der Waals surface area (Å²) in [4.78, 5) is 51.2. The van der Waals surface area contributed by atoms with Crippen LogP contribution in [0.2, 0.25) is 0 Å². The summed E-state index contributed by atoms with van der Waals surface area (Å²) < 4.78 is 28.6. The Bertz CT molecular complexity index is 1160. The molecule has 4 aliphatic rings. The maximum absolute atomic E-state index is 14.0. The molecule has 1 aromatic rings. The molecule has 9 nitrogen and oxygen atoms in total. The topological polar surface area (TPSA) is 118 Å². The molecule has 1 fully saturated rings. The minimum absolute atomic E-state index is 0.0870. The molecule has 9 heteroatoms. The van der Waals surface area contributed by atoms with Crippen LogP contribution in [-0.4, -0.2) is 55.7 Å². The predicted octanol–water partition coefficient (Wildman–Crippen LogP) is 3.29. The molecule has 1 aliphatic heterocycles. The Morgan fingerprint density at radius 2 is 1.91 bits per heavy atom. The highest BCUT2D eigenvalue weighted by Crippen LogP contribution is 2.62. The van der Waals surface area contributed by atoms with E-state index in [2.05, 4.69) is 0 Å². The van der Waals surface area contributed by atoms with E-state index in [4.69, 9.17) is 23.4 Å². The van der Waals surface area contributed by atoms with E-state index in [1.165, 1.54) is 20.3 Å². The van der Waals surface area contributed by atoms with Crippen molar-refractivity contribution < 1.29 is 42.5 Å². The molecule has 0 N–H and O–H groups in total. The molecule has 188 valence electrons. The largest absolute Gasteiger partial charge is 0.462 e. The first-order valence-corrected chi connectivity index (χ1v) is 12.1. The van der Waals surface area contributed by atoms with Crippen molar-refractivity contribution in [1.82, 2.24) is 0 Å². The molecule has 0 amide bonds. The average Bonchev–Trinajstić information content (AvgIpc) is 3.38. The number of carbonyl (C=O) groups excluding carboxylic acids is 4. The lowest BCUT2D eigenvalue weighted by atomic mass is 9.54. The van der Waals surface area contributed by atoms with Crippen LogP contribution in [0.3, 0.4) is 0 Å². The molecular formula is C26H30O9.